The molecule has 0 atom stereocenters. The Morgan fingerprint density at radius 2 is 1.06 bits per heavy atom. The first-order valence-corrected chi connectivity index (χ1v) is 18.1. The second-order valence-corrected chi connectivity index (χ2v) is 14.3. The number of carboxylic acids is 1. The predicted molar refractivity (Wildman–Crippen MR) is 212 cm³/mol. The van der Waals surface area contributed by atoms with Gasteiger partial charge in [-0.15, -0.1) is 34.0 Å². The molecule has 0 radical (unpaired) electrons. The Morgan fingerprint density at radius 1 is 0.667 bits per heavy atom. The van der Waals surface area contributed by atoms with Gasteiger partial charge in [-0.05, 0) is 37.1 Å². The molecule has 4 aliphatic rings. The van der Waals surface area contributed by atoms with Crippen molar-refractivity contribution in [2.75, 3.05) is 67.0 Å². The largest absolute Gasteiger partial charge is 1.00 e. The summed E-state index contributed by atoms with van der Waals surface area (Å²) in [5.41, 5.74) is 2.07. The third-order valence-electron chi connectivity index (χ3n) is 8.78. The van der Waals surface area contributed by atoms with Crippen molar-refractivity contribution in [2.24, 2.45) is 0 Å². The first-order valence-electron chi connectivity index (χ1n) is 18.1. The lowest BCUT2D eigenvalue weighted by Gasteiger charge is -2.23. The average Bonchev–Trinajstić information content (AvgIpc) is 3.86. The summed E-state index contributed by atoms with van der Waals surface area (Å²) in [5, 5.41) is 17.1. The molecule has 0 saturated carbocycles. The first kappa shape index (κ1) is 51.2. The third-order valence-corrected chi connectivity index (χ3v) is 8.78. The van der Waals surface area contributed by atoms with E-state index >= 15 is 0 Å². The quantitative estimate of drug-likeness (QED) is 0.0930. The molecule has 0 spiro atoms. The number of hydrogen-bond donors (Lipinski definition) is 2. The van der Waals surface area contributed by atoms with E-state index in [1.165, 1.54) is 127 Å². The lowest BCUT2D eigenvalue weighted by molar-refractivity contribution is -0.870. The van der Waals surface area contributed by atoms with Gasteiger partial charge in [0.05, 0.1) is 38.9 Å². The SMILES string of the molecule is Br.Br.CCCCCCCCCCCCCCCC[N+](C)(C)C.O.O=C(O)c1ccc(O)cc1.O=C1C=C(N2CC2)C(=O)C(N2CC2)=C1N1CC1.[Br-]. The van der Waals surface area contributed by atoms with Crippen molar-refractivity contribution in [3.05, 3.63) is 53.0 Å². The molecule has 3 aliphatic heterocycles. The van der Waals surface area contributed by atoms with Crippen molar-refractivity contribution in [3.8, 4) is 5.75 Å². The fourth-order valence-electron chi connectivity index (χ4n) is 5.66. The molecule has 1 aromatic carbocycles. The maximum atomic E-state index is 12.4. The molecule has 1 aliphatic carbocycles. The summed E-state index contributed by atoms with van der Waals surface area (Å²) in [5.74, 6) is -0.864. The van der Waals surface area contributed by atoms with Crippen molar-refractivity contribution < 1.29 is 51.5 Å². The highest BCUT2D eigenvalue weighted by Crippen LogP contribution is 2.34. The molecule has 3 fully saturated rings. The summed E-state index contributed by atoms with van der Waals surface area (Å²) in [4.78, 5) is 40.7. The average molecular weight is 914 g/mol. The fraction of sp³-hybridized carbons (Fsp3) is 0.658. The second kappa shape index (κ2) is 26.8. The minimum absolute atomic E-state index is 0. The number of benzene rings is 1. The van der Waals surface area contributed by atoms with E-state index in [-0.39, 0.29) is 79.3 Å². The summed E-state index contributed by atoms with van der Waals surface area (Å²) in [6.07, 6.45) is 21.9. The van der Waals surface area contributed by atoms with Gasteiger partial charge in [-0.2, -0.15) is 0 Å². The van der Waals surface area contributed by atoms with Crippen LogP contribution in [-0.2, 0) is 9.59 Å². The number of carbonyl (C=O) groups excluding carboxylic acids is 2. The van der Waals surface area contributed by atoms with Crippen LogP contribution in [0.2, 0.25) is 0 Å². The lowest BCUT2D eigenvalue weighted by Crippen LogP contribution is -3.00. The normalized spacial score (nSPS) is 15.4. The number of halogens is 3. The molecule has 294 valence electrons. The topological polar surface area (TPSA) is 132 Å². The smallest absolute Gasteiger partial charge is 0.335 e. The van der Waals surface area contributed by atoms with E-state index in [9.17, 15) is 14.4 Å². The van der Waals surface area contributed by atoms with Gasteiger partial charge in [0.15, 0.2) is 0 Å². The van der Waals surface area contributed by atoms with Crippen LogP contribution in [0.3, 0.4) is 0 Å². The zero-order valence-corrected chi connectivity index (χ0v) is 36.4. The van der Waals surface area contributed by atoms with E-state index in [1.807, 2.05) is 14.7 Å². The molecule has 10 nitrogen and oxygen atoms in total. The van der Waals surface area contributed by atoms with Gasteiger partial charge in [0.25, 0.3) is 0 Å². The fourth-order valence-corrected chi connectivity index (χ4v) is 5.66. The molecule has 5 rings (SSSR count). The van der Waals surface area contributed by atoms with E-state index < -0.39 is 5.97 Å². The van der Waals surface area contributed by atoms with Crippen LogP contribution in [-0.4, -0.2) is 119 Å². The zero-order chi connectivity index (χ0) is 34.2. The highest BCUT2D eigenvalue weighted by Gasteiger charge is 2.43. The molecule has 3 heterocycles. The standard InChI is InChI=1S/C19H42N.C12H13N3O2.C7H6O3.3BrH.H2O/c1-5-6-7-8-9-10-11-12-13-14-15-16-17-18-19-20(2,3)4;16-9-7-8(13-1-2-13)12(17)11(15-5-6-15)10(9)14-3-4-14;8-6-3-1-5(2-4-6)7(9)10;;;;/h5-19H2,1-4H3;7H,1-6H2;1-4,8H,(H,9,10);3*1H;1H2/q+1;;;;;;/p-1. The Kier molecular flexibility index (Phi) is 26.9. The third kappa shape index (κ3) is 20.8. The number of rotatable bonds is 19. The van der Waals surface area contributed by atoms with Crippen LogP contribution in [0, 0.1) is 0 Å². The molecule has 1 aromatic rings. The second-order valence-electron chi connectivity index (χ2n) is 14.3. The van der Waals surface area contributed by atoms with E-state index in [0.29, 0.717) is 17.1 Å². The number of carbonyl (C=O) groups is 3. The molecule has 0 amide bonds. The minimum atomic E-state index is -0.986. The lowest BCUT2D eigenvalue weighted by atomic mass is 10.0. The van der Waals surface area contributed by atoms with Crippen LogP contribution >= 0.6 is 34.0 Å². The summed E-state index contributed by atoms with van der Waals surface area (Å²) in [7, 11) is 6.88. The number of aromatic carboxylic acids is 1. The number of nitrogens with zero attached hydrogens (tertiary/aromatic N) is 4. The number of unbranched alkanes of at least 4 members (excludes halogenated alkanes) is 13. The predicted octanol–water partition coefficient (Wildman–Crippen LogP) is 3.78. The number of phenols is 1. The van der Waals surface area contributed by atoms with E-state index in [0.717, 1.165) is 43.8 Å². The molecule has 3 saturated heterocycles. The Labute approximate surface area is 338 Å². The van der Waals surface area contributed by atoms with Gasteiger partial charge in [0.1, 0.15) is 17.1 Å². The Hall–Kier alpha value is -1.93. The van der Waals surface area contributed by atoms with Gasteiger partial charge in [-0.3, -0.25) is 9.59 Å². The van der Waals surface area contributed by atoms with Gasteiger partial charge < -0.3 is 51.9 Å². The van der Waals surface area contributed by atoms with E-state index in [2.05, 4.69) is 28.1 Å². The summed E-state index contributed by atoms with van der Waals surface area (Å²) in [6, 6.07) is 5.36. The maximum absolute atomic E-state index is 12.4. The molecular weight excluding hydrogens is 848 g/mol. The number of hydrogen-bond acceptors (Lipinski definition) is 7. The molecule has 0 bridgehead atoms. The van der Waals surface area contributed by atoms with Gasteiger partial charge in [0.2, 0.25) is 11.6 Å². The van der Waals surface area contributed by atoms with Crippen molar-refractivity contribution in [1.82, 2.24) is 14.7 Å². The number of phenolic OH excluding ortho intramolecular Hbond substituents is 1. The number of ketones is 2. The van der Waals surface area contributed by atoms with E-state index in [1.54, 1.807) is 0 Å². The number of allylic oxidation sites excluding steroid dienone is 1. The van der Waals surface area contributed by atoms with Crippen LogP contribution in [0.1, 0.15) is 107 Å². The Balaban J connectivity index is 0. The summed E-state index contributed by atoms with van der Waals surface area (Å²) >= 11 is 0. The Morgan fingerprint density at radius 3 is 1.43 bits per heavy atom. The maximum Gasteiger partial charge on any atom is 0.335 e. The van der Waals surface area contributed by atoms with Crippen molar-refractivity contribution in [3.63, 3.8) is 0 Å². The van der Waals surface area contributed by atoms with Crippen LogP contribution in [0.25, 0.3) is 0 Å². The molecule has 4 N–H and O–H groups in total. The van der Waals surface area contributed by atoms with Gasteiger partial charge >= 0.3 is 5.97 Å². The van der Waals surface area contributed by atoms with Crippen LogP contribution in [0.5, 0.6) is 5.75 Å². The van der Waals surface area contributed by atoms with Crippen LogP contribution in [0.15, 0.2) is 47.4 Å². The van der Waals surface area contributed by atoms with E-state index in [4.69, 9.17) is 10.2 Å². The minimum Gasteiger partial charge on any atom is -1.00 e. The van der Waals surface area contributed by atoms with Crippen molar-refractivity contribution in [2.45, 2.75) is 96.8 Å². The summed E-state index contributed by atoms with van der Waals surface area (Å²) in [6.45, 7) is 9.03. The Bertz CT molecular complexity index is 1220. The molecule has 51 heavy (non-hydrogen) atoms. The highest BCUT2D eigenvalue weighted by molar-refractivity contribution is 8.93. The zero-order valence-electron chi connectivity index (χ0n) is 31.3. The summed E-state index contributed by atoms with van der Waals surface area (Å²) < 4.78 is 1.12. The van der Waals surface area contributed by atoms with Crippen molar-refractivity contribution in [1.29, 1.82) is 0 Å². The molecule has 0 unspecified atom stereocenters. The van der Waals surface area contributed by atoms with Crippen LogP contribution in [0.4, 0.5) is 0 Å². The molecular formula is C38H65Br3N4O6. The first-order chi connectivity index (χ1) is 22.5. The molecule has 13 heteroatoms. The number of quaternary nitrogens is 1. The van der Waals surface area contributed by atoms with Crippen molar-refractivity contribution >= 4 is 51.5 Å². The monoisotopic (exact) mass is 910 g/mol. The van der Waals surface area contributed by atoms with Gasteiger partial charge in [0, 0.05) is 45.3 Å². The van der Waals surface area contributed by atoms with Crippen LogP contribution < -0.4 is 17.0 Å². The van der Waals surface area contributed by atoms with Gasteiger partial charge in [-0.25, -0.2) is 4.79 Å². The number of aromatic hydroxyl groups is 1. The molecule has 0 aromatic heterocycles. The highest BCUT2D eigenvalue weighted by atomic mass is 79.9. The van der Waals surface area contributed by atoms with Gasteiger partial charge in [-0.1, -0.05) is 84.0 Å². The number of Topliss-reactive ketones (excluding diaryl/α,β-unsaturated/α-hetero) is 1. The number of carboxylic acid groups (broad SMARTS) is 1.